The second kappa shape index (κ2) is 8.17. The Morgan fingerprint density at radius 1 is 1.27 bits per heavy atom. The fourth-order valence-electron chi connectivity index (χ4n) is 5.15. The molecule has 1 aliphatic carbocycles. The summed E-state index contributed by atoms with van der Waals surface area (Å²) in [5.74, 6) is 2.47. The number of likely N-dealkylation sites (N-methyl/N-ethyl adjacent to an activating group) is 1. The Bertz CT molecular complexity index is 990. The Hall–Kier alpha value is -1.57. The Morgan fingerprint density at radius 2 is 2.03 bits per heavy atom. The molecule has 2 N–H and O–H groups in total. The van der Waals surface area contributed by atoms with Crippen LogP contribution in [0.3, 0.4) is 0 Å². The molecule has 30 heavy (non-hydrogen) atoms. The van der Waals surface area contributed by atoms with E-state index in [9.17, 15) is 4.79 Å². The van der Waals surface area contributed by atoms with Crippen LogP contribution in [0.1, 0.15) is 35.3 Å². The van der Waals surface area contributed by atoms with Gasteiger partial charge in [0.2, 0.25) is 0 Å². The van der Waals surface area contributed by atoms with Crippen LogP contribution >= 0.6 is 23.5 Å². The smallest absolute Gasteiger partial charge is 0.317 e. The molecule has 1 aromatic heterocycles. The van der Waals surface area contributed by atoms with Crippen molar-refractivity contribution in [2.45, 2.75) is 36.9 Å². The molecule has 0 unspecified atom stereocenters. The summed E-state index contributed by atoms with van der Waals surface area (Å²) >= 11 is 4.13. The first-order valence-corrected chi connectivity index (χ1v) is 13.0. The second-order valence-electron chi connectivity index (χ2n) is 8.33. The highest BCUT2D eigenvalue weighted by molar-refractivity contribution is 8.19. The summed E-state index contributed by atoms with van der Waals surface area (Å²) in [7, 11) is 2.20. The van der Waals surface area contributed by atoms with E-state index >= 15 is 0 Å². The van der Waals surface area contributed by atoms with Crippen molar-refractivity contribution in [1.29, 1.82) is 0 Å². The number of hydrogen-bond donors (Lipinski definition) is 2. The Labute approximate surface area is 187 Å². The molecule has 0 radical (unpaired) electrons. The fourth-order valence-corrected chi connectivity index (χ4v) is 8.04. The van der Waals surface area contributed by atoms with Gasteiger partial charge in [-0.2, -0.15) is 0 Å². The van der Waals surface area contributed by atoms with E-state index in [2.05, 4.69) is 70.0 Å². The summed E-state index contributed by atoms with van der Waals surface area (Å²) in [6.07, 6.45) is 3.36. The zero-order valence-electron chi connectivity index (χ0n) is 17.9. The van der Waals surface area contributed by atoms with Gasteiger partial charge in [0.05, 0.1) is 10.6 Å². The van der Waals surface area contributed by atoms with Gasteiger partial charge >= 0.3 is 6.03 Å². The van der Waals surface area contributed by atoms with E-state index in [1.54, 1.807) is 0 Å². The first kappa shape index (κ1) is 20.3. The predicted molar refractivity (Wildman–Crippen MR) is 129 cm³/mol. The lowest BCUT2D eigenvalue weighted by atomic mass is 9.80. The predicted octanol–water partition coefficient (Wildman–Crippen LogP) is 4.32. The standard InChI is InChI=1S/C23H30N4OS2/c1-4-27(5-2)23(28)24-14-11-16-15-7-6-8-18-20(15)17(12-19(16)26(3)13-14)21(25-18)22-29-9-10-30-22/h6-8,11,14,19,22,25H,4-5,9-10,12-13H2,1-3H3,(H,24,28)/t14-,19+/m0/s1. The molecule has 1 saturated heterocycles. The molecule has 2 aliphatic heterocycles. The van der Waals surface area contributed by atoms with Gasteiger partial charge in [0.15, 0.2) is 0 Å². The van der Waals surface area contributed by atoms with Crippen molar-refractivity contribution in [2.24, 2.45) is 0 Å². The normalized spacial score (nSPS) is 24.0. The van der Waals surface area contributed by atoms with Crippen molar-refractivity contribution < 1.29 is 4.79 Å². The van der Waals surface area contributed by atoms with Crippen molar-refractivity contribution in [3.05, 3.63) is 41.1 Å². The summed E-state index contributed by atoms with van der Waals surface area (Å²) in [4.78, 5) is 20.7. The summed E-state index contributed by atoms with van der Waals surface area (Å²) in [5.41, 5.74) is 6.88. The van der Waals surface area contributed by atoms with E-state index in [-0.39, 0.29) is 12.1 Å². The molecule has 160 valence electrons. The summed E-state index contributed by atoms with van der Waals surface area (Å²) < 4.78 is 0.529. The average molecular weight is 443 g/mol. The maximum Gasteiger partial charge on any atom is 0.317 e. The van der Waals surface area contributed by atoms with Crippen molar-refractivity contribution in [1.82, 2.24) is 20.1 Å². The third-order valence-corrected chi connectivity index (χ3v) is 9.67. The molecular weight excluding hydrogens is 412 g/mol. The van der Waals surface area contributed by atoms with Crippen LogP contribution in [0.4, 0.5) is 4.79 Å². The molecule has 0 spiro atoms. The maximum atomic E-state index is 12.6. The minimum atomic E-state index is 0.0302. The number of aromatic amines is 1. The zero-order valence-corrected chi connectivity index (χ0v) is 19.5. The van der Waals surface area contributed by atoms with Crippen molar-refractivity contribution in [3.8, 4) is 0 Å². The molecule has 5 rings (SSSR count). The molecule has 0 saturated carbocycles. The monoisotopic (exact) mass is 442 g/mol. The number of thioether (sulfide) groups is 2. The van der Waals surface area contributed by atoms with Gasteiger partial charge in [-0.25, -0.2) is 4.79 Å². The number of hydrogen-bond acceptors (Lipinski definition) is 4. The molecule has 2 amide bonds. The fraction of sp³-hybridized carbons (Fsp3) is 0.522. The average Bonchev–Trinajstić information content (AvgIpc) is 3.39. The van der Waals surface area contributed by atoms with Crippen molar-refractivity contribution in [2.75, 3.05) is 38.2 Å². The van der Waals surface area contributed by atoms with Gasteiger partial charge in [-0.05, 0) is 50.1 Å². The van der Waals surface area contributed by atoms with Gasteiger partial charge in [-0.15, -0.1) is 23.5 Å². The molecule has 2 atom stereocenters. The van der Waals surface area contributed by atoms with E-state index in [0.717, 1.165) is 26.1 Å². The number of aromatic nitrogens is 1. The maximum absolute atomic E-state index is 12.6. The number of urea groups is 1. The highest BCUT2D eigenvalue weighted by Crippen LogP contribution is 2.50. The van der Waals surface area contributed by atoms with Gasteiger partial charge in [0, 0.05) is 53.8 Å². The van der Waals surface area contributed by atoms with E-state index in [1.165, 1.54) is 44.8 Å². The molecule has 3 heterocycles. The number of benzene rings is 1. The molecule has 7 heteroatoms. The molecule has 1 fully saturated rings. The number of nitrogens with one attached hydrogen (secondary N) is 2. The van der Waals surface area contributed by atoms with Crippen LogP contribution in [0, 0.1) is 0 Å². The van der Waals surface area contributed by atoms with E-state index < -0.39 is 0 Å². The van der Waals surface area contributed by atoms with Crippen LogP contribution < -0.4 is 5.32 Å². The van der Waals surface area contributed by atoms with Crippen LogP contribution in [-0.2, 0) is 6.42 Å². The van der Waals surface area contributed by atoms with Crippen molar-refractivity contribution in [3.63, 3.8) is 0 Å². The lowest BCUT2D eigenvalue weighted by Gasteiger charge is -2.40. The molecule has 0 bridgehead atoms. The van der Waals surface area contributed by atoms with Crippen LogP contribution in [0.5, 0.6) is 0 Å². The van der Waals surface area contributed by atoms with E-state index in [1.807, 2.05) is 18.7 Å². The van der Waals surface area contributed by atoms with Gasteiger partial charge in [0.25, 0.3) is 0 Å². The third-order valence-electron chi connectivity index (χ3n) is 6.64. The largest absolute Gasteiger partial charge is 0.357 e. The first-order valence-electron chi connectivity index (χ1n) is 10.9. The summed E-state index contributed by atoms with van der Waals surface area (Å²) in [6.45, 7) is 6.36. The second-order valence-corrected chi connectivity index (χ2v) is 11.1. The number of H-pyrrole nitrogens is 1. The number of amides is 2. The van der Waals surface area contributed by atoms with Gasteiger partial charge < -0.3 is 15.2 Å². The SMILES string of the molecule is CCN(CC)C(=O)N[C@H]1C=C2c3cccc4[nH]c(C5SCCS5)c(c34)C[C@H]2N(C)C1. The zero-order chi connectivity index (χ0) is 20.8. The van der Waals surface area contributed by atoms with Crippen LogP contribution in [0.15, 0.2) is 24.3 Å². The van der Waals surface area contributed by atoms with Gasteiger partial charge in [-0.1, -0.05) is 18.2 Å². The minimum Gasteiger partial charge on any atom is -0.357 e. The minimum absolute atomic E-state index is 0.0302. The number of rotatable bonds is 4. The quantitative estimate of drug-likeness (QED) is 0.740. The van der Waals surface area contributed by atoms with Gasteiger partial charge in [0.1, 0.15) is 0 Å². The van der Waals surface area contributed by atoms with Crippen LogP contribution in [0.2, 0.25) is 0 Å². The number of nitrogens with zero attached hydrogens (tertiary/aromatic N) is 2. The Kier molecular flexibility index (Phi) is 5.54. The highest BCUT2D eigenvalue weighted by atomic mass is 32.2. The summed E-state index contributed by atoms with van der Waals surface area (Å²) in [5, 5.41) is 4.64. The van der Waals surface area contributed by atoms with E-state index in [4.69, 9.17) is 0 Å². The first-order chi connectivity index (χ1) is 14.6. The topological polar surface area (TPSA) is 51.4 Å². The highest BCUT2D eigenvalue weighted by Gasteiger charge is 2.37. The lowest BCUT2D eigenvalue weighted by molar-refractivity contribution is 0.193. The van der Waals surface area contributed by atoms with Gasteiger partial charge in [-0.3, -0.25) is 4.90 Å². The van der Waals surface area contributed by atoms with Crippen LogP contribution in [0.25, 0.3) is 16.5 Å². The molecule has 3 aliphatic rings. The number of carbonyl (C=O) groups excluding carboxylic acids is 1. The Morgan fingerprint density at radius 3 is 2.77 bits per heavy atom. The molecular formula is C23H30N4OS2. The molecule has 2 aromatic rings. The third kappa shape index (κ3) is 3.35. The Balaban J connectivity index is 1.53. The van der Waals surface area contributed by atoms with E-state index in [0.29, 0.717) is 10.6 Å². The number of fused-ring (bicyclic) bond motifs is 2. The van der Waals surface area contributed by atoms with Crippen molar-refractivity contribution >= 4 is 46.0 Å². The lowest BCUT2D eigenvalue weighted by Crippen LogP contribution is -2.52. The number of carbonyl (C=O) groups is 1. The summed E-state index contributed by atoms with van der Waals surface area (Å²) in [6, 6.07) is 7.07. The van der Waals surface area contributed by atoms with Crippen LogP contribution in [-0.4, -0.2) is 71.1 Å². The molecule has 5 nitrogen and oxygen atoms in total. The molecule has 1 aromatic carbocycles.